The van der Waals surface area contributed by atoms with Gasteiger partial charge in [0.25, 0.3) is 0 Å². The van der Waals surface area contributed by atoms with Gasteiger partial charge in [0.15, 0.2) is 5.96 Å². The minimum Gasteiger partial charge on any atom is -0.355 e. The van der Waals surface area contributed by atoms with Crippen LogP contribution in [-0.4, -0.2) is 50.1 Å². The molecule has 1 heterocycles. The Balaban J connectivity index is 2.19. The maximum absolute atomic E-state index is 4.16. The molecule has 0 bridgehead atoms. The van der Waals surface area contributed by atoms with Gasteiger partial charge in [-0.1, -0.05) is 12.5 Å². The van der Waals surface area contributed by atoms with E-state index in [2.05, 4.69) is 34.0 Å². The fraction of sp³-hybridized carbons (Fsp3) is 0.769. The molecule has 0 spiro atoms. The molecule has 0 amide bonds. The molecule has 1 fully saturated rings. The molecule has 17 heavy (non-hydrogen) atoms. The third-order valence-corrected chi connectivity index (χ3v) is 3.27. The fourth-order valence-corrected chi connectivity index (χ4v) is 2.20. The molecule has 1 aliphatic rings. The minimum absolute atomic E-state index is 0.730. The van der Waals surface area contributed by atoms with Gasteiger partial charge < -0.3 is 10.6 Å². The predicted molar refractivity (Wildman–Crippen MR) is 74.4 cm³/mol. The molecule has 1 saturated heterocycles. The van der Waals surface area contributed by atoms with Crippen LogP contribution in [0.4, 0.5) is 0 Å². The monoisotopic (exact) mass is 238 g/mol. The summed E-state index contributed by atoms with van der Waals surface area (Å²) in [5.41, 5.74) is 0. The first-order valence-corrected chi connectivity index (χ1v) is 6.57. The van der Waals surface area contributed by atoms with Crippen molar-refractivity contribution in [3.05, 3.63) is 12.7 Å². The van der Waals surface area contributed by atoms with Crippen LogP contribution < -0.4 is 10.6 Å². The van der Waals surface area contributed by atoms with Gasteiger partial charge >= 0.3 is 0 Å². The van der Waals surface area contributed by atoms with Crippen LogP contribution in [0.5, 0.6) is 0 Å². The molecule has 0 aromatic carbocycles. The van der Waals surface area contributed by atoms with Crippen LogP contribution in [0.3, 0.4) is 0 Å². The number of nitrogens with one attached hydrogen (secondary N) is 2. The quantitative estimate of drug-likeness (QED) is 0.430. The third-order valence-electron chi connectivity index (χ3n) is 3.27. The first-order chi connectivity index (χ1) is 8.27. The van der Waals surface area contributed by atoms with Crippen LogP contribution in [0.15, 0.2) is 17.6 Å². The number of piperidine rings is 1. The number of aliphatic imine (C=N–C) groups is 1. The van der Waals surface area contributed by atoms with E-state index in [1.54, 1.807) is 7.05 Å². The van der Waals surface area contributed by atoms with Crippen LogP contribution in [0, 0.1) is 0 Å². The van der Waals surface area contributed by atoms with Gasteiger partial charge in [-0.15, -0.1) is 6.58 Å². The van der Waals surface area contributed by atoms with Gasteiger partial charge in [-0.2, -0.15) is 0 Å². The Morgan fingerprint density at radius 2 is 2.29 bits per heavy atom. The van der Waals surface area contributed by atoms with E-state index in [1.165, 1.54) is 25.8 Å². The number of nitrogens with zero attached hydrogens (tertiary/aromatic N) is 2. The smallest absolute Gasteiger partial charge is 0.191 e. The van der Waals surface area contributed by atoms with Crippen LogP contribution in [-0.2, 0) is 0 Å². The molecule has 0 aromatic heterocycles. The van der Waals surface area contributed by atoms with Crippen molar-refractivity contribution >= 4 is 5.96 Å². The molecule has 1 atom stereocenters. The maximum Gasteiger partial charge on any atom is 0.191 e. The third kappa shape index (κ3) is 5.22. The lowest BCUT2D eigenvalue weighted by Crippen LogP contribution is -2.45. The molecular formula is C13H26N4. The highest BCUT2D eigenvalue weighted by Crippen LogP contribution is 2.15. The van der Waals surface area contributed by atoms with Gasteiger partial charge in [0.05, 0.1) is 0 Å². The molecule has 2 N–H and O–H groups in total. The molecule has 4 nitrogen and oxygen atoms in total. The number of rotatable bonds is 5. The van der Waals surface area contributed by atoms with Gasteiger partial charge in [-0.05, 0) is 26.3 Å². The van der Waals surface area contributed by atoms with E-state index in [9.17, 15) is 0 Å². The van der Waals surface area contributed by atoms with Crippen molar-refractivity contribution < 1.29 is 0 Å². The summed E-state index contributed by atoms with van der Waals surface area (Å²) >= 11 is 0. The molecule has 4 heteroatoms. The number of hydrogen-bond donors (Lipinski definition) is 2. The van der Waals surface area contributed by atoms with E-state index in [0.29, 0.717) is 0 Å². The summed E-state index contributed by atoms with van der Waals surface area (Å²) in [7, 11) is 1.79. The molecule has 0 aliphatic carbocycles. The molecular weight excluding hydrogens is 212 g/mol. The predicted octanol–water partition coefficient (Wildman–Crippen LogP) is 1.21. The summed E-state index contributed by atoms with van der Waals surface area (Å²) in [4.78, 5) is 6.71. The van der Waals surface area contributed by atoms with Crippen LogP contribution >= 0.6 is 0 Å². The van der Waals surface area contributed by atoms with Crippen LogP contribution in [0.1, 0.15) is 26.2 Å². The van der Waals surface area contributed by atoms with Crippen molar-refractivity contribution in [2.45, 2.75) is 32.2 Å². The van der Waals surface area contributed by atoms with Crippen molar-refractivity contribution in [3.8, 4) is 0 Å². The standard InChI is InChI=1S/C13H26N4/c1-4-8-15-13(14-3)16-9-11-17-10-6-5-7-12(17)2/h4,12H,1,5-11H2,2-3H3,(H2,14,15,16). The van der Waals surface area contributed by atoms with E-state index >= 15 is 0 Å². The second kappa shape index (κ2) is 8.12. The maximum atomic E-state index is 4.16. The Labute approximate surface area is 105 Å². The highest BCUT2D eigenvalue weighted by atomic mass is 15.2. The summed E-state index contributed by atoms with van der Waals surface area (Å²) < 4.78 is 0. The SMILES string of the molecule is C=CCNC(=NC)NCCN1CCCCC1C. The van der Waals surface area contributed by atoms with Crippen molar-refractivity contribution in [2.24, 2.45) is 4.99 Å². The first kappa shape index (κ1) is 14.0. The lowest BCUT2D eigenvalue weighted by Gasteiger charge is -2.33. The summed E-state index contributed by atoms with van der Waals surface area (Å²) in [6, 6.07) is 0.730. The number of guanidine groups is 1. The molecule has 0 aromatic rings. The van der Waals surface area contributed by atoms with Gasteiger partial charge in [0.2, 0.25) is 0 Å². The topological polar surface area (TPSA) is 39.7 Å². The zero-order valence-electron chi connectivity index (χ0n) is 11.2. The van der Waals surface area contributed by atoms with Crippen molar-refractivity contribution in [2.75, 3.05) is 33.2 Å². The summed E-state index contributed by atoms with van der Waals surface area (Å²) in [6.07, 6.45) is 5.89. The van der Waals surface area contributed by atoms with E-state index in [4.69, 9.17) is 0 Å². The summed E-state index contributed by atoms with van der Waals surface area (Å²) in [5, 5.41) is 6.49. The average Bonchev–Trinajstić information content (AvgIpc) is 2.35. The molecule has 1 rings (SSSR count). The summed E-state index contributed by atoms with van der Waals surface area (Å²) in [6.45, 7) is 10.0. The molecule has 0 saturated carbocycles. The second-order valence-electron chi connectivity index (χ2n) is 4.55. The highest BCUT2D eigenvalue weighted by molar-refractivity contribution is 5.79. The zero-order valence-corrected chi connectivity index (χ0v) is 11.2. The first-order valence-electron chi connectivity index (χ1n) is 6.57. The normalized spacial score (nSPS) is 22.2. The van der Waals surface area contributed by atoms with Crippen LogP contribution in [0.25, 0.3) is 0 Å². The van der Waals surface area contributed by atoms with E-state index in [0.717, 1.165) is 31.6 Å². The Morgan fingerprint density at radius 1 is 1.47 bits per heavy atom. The number of hydrogen-bond acceptors (Lipinski definition) is 2. The van der Waals surface area contributed by atoms with E-state index < -0.39 is 0 Å². The van der Waals surface area contributed by atoms with Gasteiger partial charge in [0.1, 0.15) is 0 Å². The minimum atomic E-state index is 0.730. The van der Waals surface area contributed by atoms with Crippen molar-refractivity contribution in [3.63, 3.8) is 0 Å². The van der Waals surface area contributed by atoms with Crippen molar-refractivity contribution in [1.82, 2.24) is 15.5 Å². The summed E-state index contributed by atoms with van der Waals surface area (Å²) in [5.74, 6) is 0.856. The average molecular weight is 238 g/mol. The molecule has 1 unspecified atom stereocenters. The Bertz CT molecular complexity index is 250. The van der Waals surface area contributed by atoms with Gasteiger partial charge in [-0.3, -0.25) is 9.89 Å². The second-order valence-corrected chi connectivity index (χ2v) is 4.55. The zero-order chi connectivity index (χ0) is 12.5. The highest BCUT2D eigenvalue weighted by Gasteiger charge is 2.17. The Hall–Kier alpha value is -1.03. The fourth-order valence-electron chi connectivity index (χ4n) is 2.20. The Morgan fingerprint density at radius 3 is 2.94 bits per heavy atom. The van der Waals surface area contributed by atoms with Gasteiger partial charge in [0, 0.05) is 32.7 Å². The molecule has 1 aliphatic heterocycles. The van der Waals surface area contributed by atoms with Crippen LogP contribution in [0.2, 0.25) is 0 Å². The lowest BCUT2D eigenvalue weighted by atomic mass is 10.0. The molecule has 0 radical (unpaired) electrons. The number of likely N-dealkylation sites (tertiary alicyclic amines) is 1. The Kier molecular flexibility index (Phi) is 6.70. The van der Waals surface area contributed by atoms with E-state index in [-0.39, 0.29) is 0 Å². The van der Waals surface area contributed by atoms with Crippen molar-refractivity contribution in [1.29, 1.82) is 0 Å². The van der Waals surface area contributed by atoms with E-state index in [1.807, 2.05) is 6.08 Å². The largest absolute Gasteiger partial charge is 0.355 e. The molecule has 98 valence electrons. The van der Waals surface area contributed by atoms with Gasteiger partial charge in [-0.25, -0.2) is 0 Å². The lowest BCUT2D eigenvalue weighted by molar-refractivity contribution is 0.163.